The van der Waals surface area contributed by atoms with Gasteiger partial charge in [0.05, 0.1) is 31.8 Å². The number of aliphatic hydroxyl groups is 2. The van der Waals surface area contributed by atoms with Crippen molar-refractivity contribution >= 4 is 7.60 Å². The lowest BCUT2D eigenvalue weighted by atomic mass is 9.93. The minimum absolute atomic E-state index is 0.0772. The second-order valence-electron chi connectivity index (χ2n) is 3.13. The molecule has 0 aromatic carbocycles. The number of hydrogen-bond acceptors (Lipinski definition) is 5. The first-order valence-electron chi connectivity index (χ1n) is 3.62. The van der Waals surface area contributed by atoms with Crippen LogP contribution in [0.3, 0.4) is 0 Å². The summed E-state index contributed by atoms with van der Waals surface area (Å²) >= 11 is 0. The molecule has 0 saturated carbocycles. The second kappa shape index (κ2) is 3.44. The Morgan fingerprint density at radius 1 is 1.33 bits per heavy atom. The van der Waals surface area contributed by atoms with Crippen LogP contribution in [-0.2, 0) is 13.6 Å². The zero-order chi connectivity index (χ0) is 9.24. The Hall–Kier alpha value is 0.0700. The molecule has 1 aliphatic heterocycles. The Labute approximate surface area is 70.8 Å². The van der Waals surface area contributed by atoms with E-state index in [1.807, 2.05) is 0 Å². The second-order valence-corrected chi connectivity index (χ2v) is 5.19. The highest BCUT2D eigenvalue weighted by Gasteiger charge is 2.39. The summed E-state index contributed by atoms with van der Waals surface area (Å²) in [7, 11) is -2.92. The lowest BCUT2D eigenvalue weighted by Crippen LogP contribution is -2.41. The molecule has 0 radical (unpaired) electrons. The van der Waals surface area contributed by atoms with Crippen molar-refractivity contribution in [1.82, 2.24) is 0 Å². The van der Waals surface area contributed by atoms with Gasteiger partial charge in [-0.1, -0.05) is 0 Å². The van der Waals surface area contributed by atoms with Crippen LogP contribution < -0.4 is 0 Å². The van der Waals surface area contributed by atoms with Gasteiger partial charge in [-0.25, -0.2) is 0 Å². The highest BCUT2D eigenvalue weighted by Crippen LogP contribution is 2.49. The quantitative estimate of drug-likeness (QED) is 0.599. The predicted molar refractivity (Wildman–Crippen MR) is 42.0 cm³/mol. The van der Waals surface area contributed by atoms with Gasteiger partial charge in [0.2, 0.25) is 0 Å². The van der Waals surface area contributed by atoms with Crippen molar-refractivity contribution < 1.29 is 23.8 Å². The van der Waals surface area contributed by atoms with Gasteiger partial charge in [-0.05, 0) is 0 Å². The molecule has 0 amide bonds. The summed E-state index contributed by atoms with van der Waals surface area (Å²) in [5, 5.41) is 17.8. The van der Waals surface area contributed by atoms with E-state index in [1.54, 1.807) is 0 Å². The largest absolute Gasteiger partial charge is 0.396 e. The summed E-state index contributed by atoms with van der Waals surface area (Å²) in [6.07, 6.45) is 0. The normalized spacial score (nSPS) is 26.9. The van der Waals surface area contributed by atoms with Gasteiger partial charge in [0.15, 0.2) is 0 Å². The van der Waals surface area contributed by atoms with E-state index in [-0.39, 0.29) is 26.4 Å². The van der Waals surface area contributed by atoms with E-state index in [4.69, 9.17) is 19.3 Å². The highest BCUT2D eigenvalue weighted by molar-refractivity contribution is 7.53. The molecule has 72 valence electrons. The van der Waals surface area contributed by atoms with E-state index < -0.39 is 13.0 Å². The van der Waals surface area contributed by atoms with E-state index >= 15 is 0 Å². The molecule has 0 aromatic rings. The van der Waals surface area contributed by atoms with Crippen molar-refractivity contribution in [3.05, 3.63) is 0 Å². The van der Waals surface area contributed by atoms with Crippen LogP contribution in [0.5, 0.6) is 0 Å². The van der Waals surface area contributed by atoms with E-state index in [1.165, 1.54) is 6.66 Å². The van der Waals surface area contributed by atoms with Crippen molar-refractivity contribution in [2.24, 2.45) is 5.41 Å². The van der Waals surface area contributed by atoms with Gasteiger partial charge in [0.25, 0.3) is 0 Å². The molecule has 0 aliphatic carbocycles. The van der Waals surface area contributed by atoms with Gasteiger partial charge < -0.3 is 19.3 Å². The molecule has 0 aromatic heterocycles. The molecule has 5 nitrogen and oxygen atoms in total. The molecule has 0 atom stereocenters. The Kier molecular flexibility index (Phi) is 2.91. The first-order chi connectivity index (χ1) is 5.54. The fraction of sp³-hybridized carbons (Fsp3) is 1.00. The molecule has 12 heavy (non-hydrogen) atoms. The molecule has 1 aliphatic rings. The van der Waals surface area contributed by atoms with Gasteiger partial charge in [0.1, 0.15) is 0 Å². The summed E-state index contributed by atoms with van der Waals surface area (Å²) in [6, 6.07) is 0. The van der Waals surface area contributed by atoms with Crippen molar-refractivity contribution in [3.8, 4) is 0 Å². The first-order valence-corrected chi connectivity index (χ1v) is 5.61. The maximum Gasteiger partial charge on any atom is 0.327 e. The van der Waals surface area contributed by atoms with Crippen LogP contribution in [0.25, 0.3) is 0 Å². The van der Waals surface area contributed by atoms with E-state index in [2.05, 4.69) is 0 Å². The smallest absolute Gasteiger partial charge is 0.327 e. The first kappa shape index (κ1) is 10.2. The number of aliphatic hydroxyl groups excluding tert-OH is 2. The minimum atomic E-state index is -2.92. The molecular formula is C6H13O5P. The summed E-state index contributed by atoms with van der Waals surface area (Å²) in [5.74, 6) is 0. The molecule has 1 fully saturated rings. The molecule has 1 heterocycles. The average Bonchev–Trinajstić information content (AvgIpc) is 2.06. The molecule has 0 unspecified atom stereocenters. The summed E-state index contributed by atoms with van der Waals surface area (Å²) in [5.41, 5.74) is -0.788. The van der Waals surface area contributed by atoms with Gasteiger partial charge in [-0.15, -0.1) is 0 Å². The molecule has 2 N–H and O–H groups in total. The van der Waals surface area contributed by atoms with Crippen molar-refractivity contribution in [2.45, 2.75) is 0 Å². The standard InChI is InChI=1S/C6H13O5P/c1-12(9)10-4-6(2-7,3-8)5-11-12/h7-8H,2-5H2,1H3. The van der Waals surface area contributed by atoms with E-state index in [9.17, 15) is 4.57 Å². The lowest BCUT2D eigenvalue weighted by Gasteiger charge is -2.35. The molecule has 6 heteroatoms. The Morgan fingerprint density at radius 2 is 1.75 bits per heavy atom. The summed E-state index contributed by atoms with van der Waals surface area (Å²) < 4.78 is 20.9. The highest BCUT2D eigenvalue weighted by atomic mass is 31.2. The Balaban J connectivity index is 2.59. The van der Waals surface area contributed by atoms with Crippen molar-refractivity contribution in [2.75, 3.05) is 33.1 Å². The third-order valence-electron chi connectivity index (χ3n) is 1.88. The van der Waals surface area contributed by atoms with Gasteiger partial charge >= 0.3 is 7.60 Å². The lowest BCUT2D eigenvalue weighted by molar-refractivity contribution is -0.0512. The van der Waals surface area contributed by atoms with Gasteiger partial charge in [-0.3, -0.25) is 4.57 Å². The van der Waals surface area contributed by atoms with E-state index in [0.29, 0.717) is 0 Å². The third kappa shape index (κ3) is 2.06. The molecule has 1 saturated heterocycles. The maximum absolute atomic E-state index is 11.1. The Bertz CT molecular complexity index is 186. The van der Waals surface area contributed by atoms with Crippen molar-refractivity contribution in [3.63, 3.8) is 0 Å². The number of rotatable bonds is 2. The monoisotopic (exact) mass is 196 g/mol. The number of hydrogen-bond donors (Lipinski definition) is 2. The van der Waals surface area contributed by atoms with Gasteiger partial charge in [-0.2, -0.15) is 0 Å². The summed E-state index contributed by atoms with van der Waals surface area (Å²) in [4.78, 5) is 0. The zero-order valence-corrected chi connectivity index (χ0v) is 7.79. The van der Waals surface area contributed by atoms with Crippen LogP contribution in [0.15, 0.2) is 0 Å². The molecule has 1 rings (SSSR count). The zero-order valence-electron chi connectivity index (χ0n) is 6.89. The van der Waals surface area contributed by atoms with Crippen LogP contribution in [0.1, 0.15) is 0 Å². The minimum Gasteiger partial charge on any atom is -0.396 e. The Morgan fingerprint density at radius 3 is 2.08 bits per heavy atom. The van der Waals surface area contributed by atoms with Crippen molar-refractivity contribution in [1.29, 1.82) is 0 Å². The van der Waals surface area contributed by atoms with E-state index in [0.717, 1.165) is 0 Å². The topological polar surface area (TPSA) is 76.0 Å². The SMILES string of the molecule is CP1(=O)OCC(CO)(CO)CO1. The van der Waals surface area contributed by atoms with Crippen LogP contribution in [-0.4, -0.2) is 43.3 Å². The third-order valence-corrected chi connectivity index (χ3v) is 3.08. The van der Waals surface area contributed by atoms with Gasteiger partial charge in [0, 0.05) is 6.66 Å². The van der Waals surface area contributed by atoms with Crippen LogP contribution >= 0.6 is 7.60 Å². The maximum atomic E-state index is 11.1. The molecular weight excluding hydrogens is 183 g/mol. The summed E-state index contributed by atoms with van der Waals surface area (Å²) in [6.45, 7) is 1.06. The average molecular weight is 196 g/mol. The van der Waals surface area contributed by atoms with Crippen LogP contribution in [0, 0.1) is 5.41 Å². The molecule has 0 bridgehead atoms. The fourth-order valence-electron chi connectivity index (χ4n) is 0.820. The predicted octanol–water partition coefficient (Wildman–Crippen LogP) is -0.173. The molecule has 0 spiro atoms. The fourth-order valence-corrected chi connectivity index (χ4v) is 1.91. The van der Waals surface area contributed by atoms with Crippen LogP contribution in [0.2, 0.25) is 0 Å². The van der Waals surface area contributed by atoms with Crippen LogP contribution in [0.4, 0.5) is 0 Å².